The lowest BCUT2D eigenvalue weighted by atomic mass is 10.0. The summed E-state index contributed by atoms with van der Waals surface area (Å²) < 4.78 is 13.5. The second-order valence-corrected chi connectivity index (χ2v) is 5.19. The van der Waals surface area contributed by atoms with Crippen LogP contribution < -0.4 is 0 Å². The lowest BCUT2D eigenvalue weighted by Crippen LogP contribution is -2.02. The molecule has 0 saturated heterocycles. The summed E-state index contributed by atoms with van der Waals surface area (Å²) in [4.78, 5) is 15.8. The van der Waals surface area contributed by atoms with Gasteiger partial charge in [-0.25, -0.2) is 9.37 Å². The summed E-state index contributed by atoms with van der Waals surface area (Å²) in [5.41, 5.74) is 1.74. The van der Waals surface area contributed by atoms with Gasteiger partial charge in [-0.05, 0) is 31.0 Å². The predicted octanol–water partition coefficient (Wildman–Crippen LogP) is 3.19. The molecule has 2 aromatic rings. The number of aromatic nitrogens is 1. The average Bonchev–Trinajstić information content (AvgIpc) is 2.62. The maximum Gasteiger partial charge on any atom is 0.309 e. The summed E-state index contributed by atoms with van der Waals surface area (Å²) in [6, 6.07) is 4.80. The van der Waals surface area contributed by atoms with E-state index in [1.165, 1.54) is 17.4 Å². The lowest BCUT2D eigenvalue weighted by Gasteiger charge is -2.05. The topological polar surface area (TPSA) is 50.2 Å². The molecule has 1 aromatic heterocycles. The molecule has 0 atom stereocenters. The van der Waals surface area contributed by atoms with Crippen LogP contribution in [0, 0.1) is 19.7 Å². The van der Waals surface area contributed by atoms with Crippen molar-refractivity contribution in [3.8, 4) is 10.4 Å². The van der Waals surface area contributed by atoms with Gasteiger partial charge in [0.25, 0.3) is 0 Å². The standard InChI is InChI=1S/C13H12FNO2S/c1-7-9(4-3-5-10(7)14)13-11(6-12(16)17)15-8(2)18-13/h3-5H,6H2,1-2H3,(H,16,17). The predicted molar refractivity (Wildman–Crippen MR) is 68.3 cm³/mol. The summed E-state index contributed by atoms with van der Waals surface area (Å²) in [7, 11) is 0. The van der Waals surface area contributed by atoms with E-state index in [9.17, 15) is 9.18 Å². The summed E-state index contributed by atoms with van der Waals surface area (Å²) in [5, 5.41) is 9.64. The Bertz CT molecular complexity index is 607. The van der Waals surface area contributed by atoms with Crippen molar-refractivity contribution in [3.63, 3.8) is 0 Å². The fourth-order valence-electron chi connectivity index (χ4n) is 1.80. The van der Waals surface area contributed by atoms with Crippen LogP contribution in [-0.2, 0) is 11.2 Å². The third-order valence-electron chi connectivity index (χ3n) is 2.64. The van der Waals surface area contributed by atoms with Crippen LogP contribution in [0.2, 0.25) is 0 Å². The number of thiazole rings is 1. The summed E-state index contributed by atoms with van der Waals surface area (Å²) in [6.45, 7) is 3.50. The largest absolute Gasteiger partial charge is 0.481 e. The van der Waals surface area contributed by atoms with Gasteiger partial charge in [0.2, 0.25) is 0 Å². The highest BCUT2D eigenvalue weighted by molar-refractivity contribution is 7.15. The Hall–Kier alpha value is -1.75. The van der Waals surface area contributed by atoms with E-state index >= 15 is 0 Å². The number of aliphatic carboxylic acids is 1. The van der Waals surface area contributed by atoms with Gasteiger partial charge in [0.15, 0.2) is 0 Å². The molecule has 0 aliphatic carbocycles. The highest BCUT2D eigenvalue weighted by Crippen LogP contribution is 2.33. The molecule has 3 nitrogen and oxygen atoms in total. The third-order valence-corrected chi connectivity index (χ3v) is 3.68. The minimum Gasteiger partial charge on any atom is -0.481 e. The monoisotopic (exact) mass is 265 g/mol. The maximum atomic E-state index is 13.5. The first-order valence-electron chi connectivity index (χ1n) is 5.42. The molecule has 0 bridgehead atoms. The number of nitrogens with zero attached hydrogens (tertiary/aromatic N) is 1. The summed E-state index contributed by atoms with van der Waals surface area (Å²) in [5.74, 6) is -1.23. The first-order chi connectivity index (χ1) is 8.49. The zero-order valence-corrected chi connectivity index (χ0v) is 10.8. The van der Waals surface area contributed by atoms with E-state index in [1.807, 2.05) is 6.92 Å². The van der Waals surface area contributed by atoms with Crippen molar-refractivity contribution in [1.82, 2.24) is 4.98 Å². The second-order valence-electron chi connectivity index (χ2n) is 3.99. The van der Waals surface area contributed by atoms with Crippen LogP contribution >= 0.6 is 11.3 Å². The summed E-state index contributed by atoms with van der Waals surface area (Å²) >= 11 is 1.39. The lowest BCUT2D eigenvalue weighted by molar-refractivity contribution is -0.136. The van der Waals surface area contributed by atoms with E-state index in [2.05, 4.69) is 4.98 Å². The number of aryl methyl sites for hydroxylation is 1. The second kappa shape index (κ2) is 4.86. The van der Waals surface area contributed by atoms with Crippen LogP contribution in [-0.4, -0.2) is 16.1 Å². The molecule has 0 spiro atoms. The molecule has 18 heavy (non-hydrogen) atoms. The number of benzene rings is 1. The van der Waals surface area contributed by atoms with E-state index in [-0.39, 0.29) is 12.2 Å². The Morgan fingerprint density at radius 2 is 2.17 bits per heavy atom. The van der Waals surface area contributed by atoms with E-state index < -0.39 is 5.97 Å². The minimum absolute atomic E-state index is 0.143. The Balaban J connectivity index is 2.56. The van der Waals surface area contributed by atoms with Crippen molar-refractivity contribution >= 4 is 17.3 Å². The Kier molecular flexibility index (Phi) is 3.43. The molecule has 0 fully saturated rings. The van der Waals surface area contributed by atoms with E-state index in [4.69, 9.17) is 5.11 Å². The molecule has 0 radical (unpaired) electrons. The molecule has 0 aliphatic rings. The highest BCUT2D eigenvalue weighted by Gasteiger charge is 2.16. The number of rotatable bonds is 3. The van der Waals surface area contributed by atoms with Crippen LogP contribution in [0.4, 0.5) is 4.39 Å². The number of hydrogen-bond donors (Lipinski definition) is 1. The fraction of sp³-hybridized carbons (Fsp3) is 0.231. The van der Waals surface area contributed by atoms with Crippen LogP contribution in [0.25, 0.3) is 10.4 Å². The molecule has 0 amide bonds. The highest BCUT2D eigenvalue weighted by atomic mass is 32.1. The van der Waals surface area contributed by atoms with Crippen molar-refractivity contribution in [2.45, 2.75) is 20.3 Å². The van der Waals surface area contributed by atoms with Crippen LogP contribution in [0.3, 0.4) is 0 Å². The third kappa shape index (κ3) is 2.41. The number of carbonyl (C=O) groups is 1. The number of carboxylic acids is 1. The zero-order chi connectivity index (χ0) is 13.3. The Morgan fingerprint density at radius 3 is 2.83 bits per heavy atom. The normalized spacial score (nSPS) is 10.6. The number of hydrogen-bond acceptors (Lipinski definition) is 3. The van der Waals surface area contributed by atoms with Crippen molar-refractivity contribution in [3.05, 3.63) is 40.3 Å². The Morgan fingerprint density at radius 1 is 1.44 bits per heavy atom. The van der Waals surface area contributed by atoms with Crippen molar-refractivity contribution in [2.24, 2.45) is 0 Å². The number of carboxylic acid groups (broad SMARTS) is 1. The van der Waals surface area contributed by atoms with E-state index in [1.54, 1.807) is 19.1 Å². The van der Waals surface area contributed by atoms with Crippen LogP contribution in [0.1, 0.15) is 16.3 Å². The molecule has 94 valence electrons. The minimum atomic E-state index is -0.935. The van der Waals surface area contributed by atoms with E-state index in [0.717, 1.165) is 15.4 Å². The molecule has 1 aromatic carbocycles. The van der Waals surface area contributed by atoms with Gasteiger partial charge in [0.05, 0.1) is 22.0 Å². The van der Waals surface area contributed by atoms with Crippen molar-refractivity contribution < 1.29 is 14.3 Å². The van der Waals surface area contributed by atoms with Gasteiger partial charge in [-0.3, -0.25) is 4.79 Å². The zero-order valence-electron chi connectivity index (χ0n) is 10.0. The average molecular weight is 265 g/mol. The first kappa shape index (κ1) is 12.7. The SMILES string of the molecule is Cc1nc(CC(=O)O)c(-c2cccc(F)c2C)s1. The van der Waals surface area contributed by atoms with Crippen molar-refractivity contribution in [2.75, 3.05) is 0 Å². The molecule has 0 saturated carbocycles. The molecule has 1 N–H and O–H groups in total. The van der Waals surface area contributed by atoms with Gasteiger partial charge in [0.1, 0.15) is 5.82 Å². The van der Waals surface area contributed by atoms with Gasteiger partial charge in [0, 0.05) is 0 Å². The molecular weight excluding hydrogens is 253 g/mol. The van der Waals surface area contributed by atoms with Gasteiger partial charge in [-0.1, -0.05) is 12.1 Å². The first-order valence-corrected chi connectivity index (χ1v) is 6.24. The molecular formula is C13H12FNO2S. The van der Waals surface area contributed by atoms with Gasteiger partial charge in [-0.15, -0.1) is 11.3 Å². The molecule has 0 unspecified atom stereocenters. The quantitative estimate of drug-likeness (QED) is 0.927. The van der Waals surface area contributed by atoms with Crippen LogP contribution in [0.15, 0.2) is 18.2 Å². The van der Waals surface area contributed by atoms with Gasteiger partial charge >= 0.3 is 5.97 Å². The van der Waals surface area contributed by atoms with Gasteiger partial charge in [-0.2, -0.15) is 0 Å². The molecule has 5 heteroatoms. The van der Waals surface area contributed by atoms with Gasteiger partial charge < -0.3 is 5.11 Å². The van der Waals surface area contributed by atoms with Crippen molar-refractivity contribution in [1.29, 1.82) is 0 Å². The van der Waals surface area contributed by atoms with Crippen LogP contribution in [0.5, 0.6) is 0 Å². The summed E-state index contributed by atoms with van der Waals surface area (Å²) in [6.07, 6.45) is -0.143. The Labute approximate surface area is 108 Å². The molecule has 1 heterocycles. The molecule has 2 rings (SSSR count). The maximum absolute atomic E-state index is 13.5. The molecule has 0 aliphatic heterocycles. The smallest absolute Gasteiger partial charge is 0.309 e. The fourth-order valence-corrected chi connectivity index (χ4v) is 2.82. The van der Waals surface area contributed by atoms with E-state index in [0.29, 0.717) is 11.3 Å². The number of halogens is 1.